The van der Waals surface area contributed by atoms with E-state index < -0.39 is 63.9 Å². The van der Waals surface area contributed by atoms with Crippen LogP contribution in [0.15, 0.2) is 72.3 Å². The van der Waals surface area contributed by atoms with Crippen molar-refractivity contribution < 1.29 is 41.4 Å². The number of hydrogen-bond acceptors (Lipinski definition) is 12. The van der Waals surface area contributed by atoms with Gasteiger partial charge in [-0.2, -0.15) is 18.2 Å². The van der Waals surface area contributed by atoms with Crippen LogP contribution in [0.3, 0.4) is 0 Å². The van der Waals surface area contributed by atoms with Crippen molar-refractivity contribution in [3.05, 3.63) is 112 Å². The second-order valence-corrected chi connectivity index (χ2v) is 19.1. The third-order valence-electron chi connectivity index (χ3n) is 12.6. The number of rotatable bonds is 9. The largest absolute Gasteiger partial charge is 0.507 e. The van der Waals surface area contributed by atoms with E-state index in [-0.39, 0.29) is 45.5 Å². The van der Waals surface area contributed by atoms with Gasteiger partial charge in [-0.05, 0) is 107 Å². The number of alkyl halides is 3. The van der Waals surface area contributed by atoms with Crippen LogP contribution in [0.1, 0.15) is 76.0 Å². The Labute approximate surface area is 409 Å². The standard InChI is InChI=1S/C30H30F2N6O3.C19H22F3N5O2S/c1-6-23(40)36-12-13-37(18(5)15-36)28-19-14-21(32)26(24-20(31)8-7-9-22(24)39)34-29(19)38(30(41)35-28)27-17(4)10-11-33-25(27)16(2)3;1-10-14(11-6-7-24-13(9-11)18(2,3)19(20,21)22)30-16(25-10)26-17(29)27-8-4-5-12(27)15(23)28/h6-11,14,16,18,39H,1,12-13,15H2,2-5H3;6-7,9,12H,4-5,8H2,1-3H3,(H2,23,28)(H,25,26,29). The van der Waals surface area contributed by atoms with Gasteiger partial charge in [-0.15, -0.1) is 0 Å². The Morgan fingerprint density at radius 3 is 2.35 bits per heavy atom. The van der Waals surface area contributed by atoms with Crippen LogP contribution in [-0.2, 0) is 15.0 Å². The van der Waals surface area contributed by atoms with Gasteiger partial charge in [-0.25, -0.2) is 32.9 Å². The quantitative estimate of drug-likeness (QED) is 0.0928. The molecule has 0 saturated carbocycles. The first-order valence-corrected chi connectivity index (χ1v) is 23.4. The number of benzene rings is 1. The summed E-state index contributed by atoms with van der Waals surface area (Å²) in [6.45, 7) is 16.4. The van der Waals surface area contributed by atoms with E-state index in [1.54, 1.807) is 30.2 Å². The minimum Gasteiger partial charge on any atom is -0.507 e. The SMILES string of the molecule is C=CC(=O)N1CCN(c2nc(=O)n(-c3c(C)ccnc3C(C)C)c3nc(-c4c(O)cccc4F)c(F)cc23)C(C)C1.Cc1nc(NC(=O)N2CCCC2C(N)=O)sc1-c1ccnc(C(C)(C)C(F)(F)F)c1. The first kappa shape index (κ1) is 51.5. The Bertz CT molecular complexity index is 3100. The molecule has 2 aliphatic rings. The Hall–Kier alpha value is -7.36. The minimum atomic E-state index is -4.45. The van der Waals surface area contributed by atoms with Gasteiger partial charge in [-0.1, -0.05) is 37.8 Å². The van der Waals surface area contributed by atoms with Crippen LogP contribution in [-0.4, -0.2) is 107 Å². The van der Waals surface area contributed by atoms with E-state index in [1.807, 2.05) is 32.6 Å². The van der Waals surface area contributed by atoms with E-state index in [0.717, 1.165) is 37.3 Å². The molecule has 4 amide bonds. The van der Waals surface area contributed by atoms with E-state index in [2.05, 4.69) is 36.8 Å². The van der Waals surface area contributed by atoms with Crippen LogP contribution >= 0.6 is 11.3 Å². The lowest BCUT2D eigenvalue weighted by Crippen LogP contribution is -2.54. The normalized spacial score (nSPS) is 16.3. The van der Waals surface area contributed by atoms with Crippen LogP contribution in [0, 0.1) is 25.5 Å². The molecule has 2 atom stereocenters. The average Bonchev–Trinajstić information content (AvgIpc) is 3.96. The van der Waals surface area contributed by atoms with E-state index in [4.69, 9.17) is 5.73 Å². The third-order valence-corrected chi connectivity index (χ3v) is 13.7. The number of phenolic OH excluding ortho intramolecular Hbond substituents is 1. The predicted octanol–water partition coefficient (Wildman–Crippen LogP) is 8.32. The molecule has 1 aromatic carbocycles. The summed E-state index contributed by atoms with van der Waals surface area (Å²) in [6, 6.07) is 8.13. The second kappa shape index (κ2) is 20.2. The maximum atomic E-state index is 15.8. The Morgan fingerprint density at radius 1 is 0.986 bits per heavy atom. The summed E-state index contributed by atoms with van der Waals surface area (Å²) in [5.74, 6) is -2.91. The Balaban J connectivity index is 0.000000219. The number of carbonyl (C=O) groups excluding carboxylic acids is 3. The fraction of sp³-hybridized carbons (Fsp3) is 0.367. The summed E-state index contributed by atoms with van der Waals surface area (Å²) in [4.78, 5) is 77.2. The highest BCUT2D eigenvalue weighted by atomic mass is 32.1. The Morgan fingerprint density at radius 2 is 1.70 bits per heavy atom. The maximum absolute atomic E-state index is 15.8. The van der Waals surface area contributed by atoms with Crippen molar-refractivity contribution in [1.82, 2.24) is 39.3 Å². The number of hydrogen-bond donors (Lipinski definition) is 3. The molecule has 8 rings (SSSR count). The molecule has 0 spiro atoms. The summed E-state index contributed by atoms with van der Waals surface area (Å²) >= 11 is 1.14. The lowest BCUT2D eigenvalue weighted by molar-refractivity contribution is -0.181. The number of thiazole rings is 1. The first-order valence-electron chi connectivity index (χ1n) is 22.6. The molecule has 7 heterocycles. The van der Waals surface area contributed by atoms with E-state index in [0.29, 0.717) is 72.1 Å². The number of nitrogens with zero attached hydrogens (tertiary/aromatic N) is 9. The Kier molecular flexibility index (Phi) is 14.6. The number of amides is 4. The molecule has 0 bridgehead atoms. The van der Waals surface area contributed by atoms with E-state index in [9.17, 15) is 41.8 Å². The number of nitrogens with two attached hydrogens (primary N) is 1. The summed E-state index contributed by atoms with van der Waals surface area (Å²) in [7, 11) is 0. The van der Waals surface area contributed by atoms with Crippen molar-refractivity contribution in [3.8, 4) is 33.1 Å². The van der Waals surface area contributed by atoms with Crippen LogP contribution in [0.5, 0.6) is 5.75 Å². The topological polar surface area (TPSA) is 206 Å². The van der Waals surface area contributed by atoms with Gasteiger partial charge in [0.15, 0.2) is 16.6 Å². The number of primary amides is 1. The number of aromatic nitrogens is 6. The summed E-state index contributed by atoms with van der Waals surface area (Å²) in [6.07, 6.45) is 0.964. The predicted molar refractivity (Wildman–Crippen MR) is 259 cm³/mol. The van der Waals surface area contributed by atoms with Crippen molar-refractivity contribution in [2.45, 2.75) is 90.9 Å². The molecule has 16 nitrogen and oxygen atoms in total. The molecular weight excluding hydrogens is 950 g/mol. The van der Waals surface area contributed by atoms with Crippen LogP contribution < -0.4 is 21.6 Å². The van der Waals surface area contributed by atoms with Gasteiger partial charge in [0, 0.05) is 44.6 Å². The lowest BCUT2D eigenvalue weighted by atomic mass is 9.87. The number of phenols is 1. The van der Waals surface area contributed by atoms with E-state index >= 15 is 4.39 Å². The summed E-state index contributed by atoms with van der Waals surface area (Å²) in [5.41, 5.74) is 4.49. The molecule has 2 aliphatic heterocycles. The van der Waals surface area contributed by atoms with Crippen LogP contribution in [0.4, 0.5) is 37.7 Å². The second-order valence-electron chi connectivity index (χ2n) is 18.1. The number of likely N-dealkylation sites (tertiary alicyclic amines) is 1. The number of nitrogens with one attached hydrogen (secondary N) is 1. The molecule has 0 aliphatic carbocycles. The first-order chi connectivity index (χ1) is 33.4. The fourth-order valence-electron chi connectivity index (χ4n) is 8.58. The van der Waals surface area contributed by atoms with Crippen molar-refractivity contribution in [2.24, 2.45) is 5.73 Å². The zero-order valence-corrected chi connectivity index (χ0v) is 40.8. The van der Waals surface area contributed by atoms with Crippen LogP contribution in [0.25, 0.3) is 38.4 Å². The van der Waals surface area contributed by atoms with Crippen molar-refractivity contribution in [2.75, 3.05) is 36.4 Å². The fourth-order valence-corrected chi connectivity index (χ4v) is 9.53. The average molecular weight is 1000 g/mol. The highest BCUT2D eigenvalue weighted by Crippen LogP contribution is 2.42. The highest BCUT2D eigenvalue weighted by Gasteiger charge is 2.49. The number of carbonyl (C=O) groups is 3. The third kappa shape index (κ3) is 10.2. The molecule has 4 N–H and O–H groups in total. The molecule has 22 heteroatoms. The molecule has 374 valence electrons. The molecule has 71 heavy (non-hydrogen) atoms. The van der Waals surface area contributed by atoms with Gasteiger partial charge in [0.1, 0.15) is 34.5 Å². The maximum Gasteiger partial charge on any atom is 0.399 e. The number of aromatic hydroxyl groups is 1. The number of piperazine rings is 1. The highest BCUT2D eigenvalue weighted by molar-refractivity contribution is 7.19. The van der Waals surface area contributed by atoms with Crippen molar-refractivity contribution >= 4 is 51.2 Å². The molecular formula is C49H52F5N11O5S. The van der Waals surface area contributed by atoms with Gasteiger partial charge < -0.3 is 25.5 Å². The minimum absolute atomic E-state index is 0.0360. The van der Waals surface area contributed by atoms with Gasteiger partial charge in [-0.3, -0.25) is 24.9 Å². The number of halogens is 5. The zero-order valence-electron chi connectivity index (χ0n) is 39.9. The number of pyridine rings is 3. The molecule has 6 aromatic rings. The van der Waals surface area contributed by atoms with Crippen molar-refractivity contribution in [3.63, 3.8) is 0 Å². The zero-order chi connectivity index (χ0) is 51.9. The van der Waals surface area contributed by atoms with Gasteiger partial charge in [0.25, 0.3) is 0 Å². The summed E-state index contributed by atoms with van der Waals surface area (Å²) in [5, 5.41) is 13.6. The smallest absolute Gasteiger partial charge is 0.399 e. The molecule has 2 unspecified atom stereocenters. The number of aryl methyl sites for hydroxylation is 2. The molecule has 2 saturated heterocycles. The van der Waals surface area contributed by atoms with E-state index in [1.165, 1.54) is 39.9 Å². The summed E-state index contributed by atoms with van der Waals surface area (Å²) < 4.78 is 72.1. The monoisotopic (exact) mass is 1000 g/mol. The van der Waals surface area contributed by atoms with Gasteiger partial charge >= 0.3 is 17.9 Å². The van der Waals surface area contributed by atoms with Crippen LogP contribution in [0.2, 0.25) is 0 Å². The number of fused-ring (bicyclic) bond motifs is 1. The lowest BCUT2D eigenvalue weighted by Gasteiger charge is -2.40. The van der Waals surface area contributed by atoms with Gasteiger partial charge in [0.2, 0.25) is 11.8 Å². The molecule has 0 radical (unpaired) electrons. The molecule has 5 aromatic heterocycles. The van der Waals surface area contributed by atoms with Crippen molar-refractivity contribution in [1.29, 1.82) is 0 Å². The van der Waals surface area contributed by atoms with Gasteiger partial charge in [0.05, 0.1) is 38.6 Å². The molecule has 2 fully saturated rings. The number of urea groups is 1. The number of anilines is 2.